The highest BCUT2D eigenvalue weighted by Gasteiger charge is 2.43. The van der Waals surface area contributed by atoms with Gasteiger partial charge in [0.25, 0.3) is 11.9 Å². The van der Waals surface area contributed by atoms with Crippen LogP contribution in [0.1, 0.15) is 36.7 Å². The third-order valence-corrected chi connectivity index (χ3v) is 5.51. The van der Waals surface area contributed by atoms with Gasteiger partial charge in [0, 0.05) is 51.3 Å². The van der Waals surface area contributed by atoms with Gasteiger partial charge < -0.3 is 19.0 Å². The molecule has 7 heteroatoms. The number of likely N-dealkylation sites (tertiary alicyclic amines) is 1. The Morgan fingerprint density at radius 3 is 2.80 bits per heavy atom. The lowest BCUT2D eigenvalue weighted by atomic mass is 9.86. The monoisotopic (exact) mass is 349 g/mol. The minimum absolute atomic E-state index is 0.109. The van der Waals surface area contributed by atoms with E-state index in [0.717, 1.165) is 25.9 Å². The van der Waals surface area contributed by atoms with E-state index in [0.29, 0.717) is 37.8 Å². The number of nitrogens with zero attached hydrogens (tertiary/aromatic N) is 3. The zero-order valence-electron chi connectivity index (χ0n) is 15.3. The van der Waals surface area contributed by atoms with Crippen molar-refractivity contribution in [2.24, 2.45) is 0 Å². The minimum atomic E-state index is -0.149. The van der Waals surface area contributed by atoms with E-state index >= 15 is 0 Å². The Morgan fingerprint density at radius 1 is 1.24 bits per heavy atom. The summed E-state index contributed by atoms with van der Waals surface area (Å²) in [7, 11) is 3.95. The second-order valence-electron chi connectivity index (χ2n) is 6.99. The van der Waals surface area contributed by atoms with E-state index in [1.54, 1.807) is 17.0 Å². The van der Waals surface area contributed by atoms with Crippen LogP contribution in [0.5, 0.6) is 5.95 Å². The average molecular weight is 349 g/mol. The summed E-state index contributed by atoms with van der Waals surface area (Å²) < 4.78 is 10.8. The Kier molecular flexibility index (Phi) is 5.03. The molecular formula is C18H27N3O4. The first-order valence-electron chi connectivity index (χ1n) is 8.92. The number of hydrogen-bond acceptors (Lipinski definition) is 5. The first-order valence-corrected chi connectivity index (χ1v) is 8.92. The van der Waals surface area contributed by atoms with Gasteiger partial charge >= 0.3 is 0 Å². The molecule has 25 heavy (non-hydrogen) atoms. The summed E-state index contributed by atoms with van der Waals surface area (Å²) in [6.45, 7) is 5.17. The van der Waals surface area contributed by atoms with Crippen molar-refractivity contribution in [3.63, 3.8) is 0 Å². The van der Waals surface area contributed by atoms with Crippen LogP contribution in [-0.2, 0) is 4.79 Å². The molecule has 7 nitrogen and oxygen atoms in total. The second kappa shape index (κ2) is 7.07. The third kappa shape index (κ3) is 3.51. The van der Waals surface area contributed by atoms with Crippen molar-refractivity contribution in [2.45, 2.75) is 31.7 Å². The quantitative estimate of drug-likeness (QED) is 0.826. The highest BCUT2D eigenvalue weighted by molar-refractivity contribution is 5.91. The Hall–Kier alpha value is -2.02. The summed E-state index contributed by atoms with van der Waals surface area (Å²) in [5.74, 6) is 0.754. The fourth-order valence-electron chi connectivity index (χ4n) is 3.74. The molecule has 2 aliphatic rings. The van der Waals surface area contributed by atoms with E-state index in [-0.39, 0.29) is 17.4 Å². The Morgan fingerprint density at radius 2 is 2.04 bits per heavy atom. The van der Waals surface area contributed by atoms with Crippen LogP contribution in [0.3, 0.4) is 0 Å². The maximum Gasteiger partial charge on any atom is 0.289 e. The second-order valence-corrected chi connectivity index (χ2v) is 6.99. The van der Waals surface area contributed by atoms with Gasteiger partial charge in [0.1, 0.15) is 0 Å². The van der Waals surface area contributed by atoms with Crippen molar-refractivity contribution in [3.05, 3.63) is 17.9 Å². The van der Waals surface area contributed by atoms with Crippen LogP contribution in [0, 0.1) is 0 Å². The van der Waals surface area contributed by atoms with Gasteiger partial charge in [-0.15, -0.1) is 0 Å². The van der Waals surface area contributed by atoms with Gasteiger partial charge in [-0.25, -0.2) is 0 Å². The highest BCUT2D eigenvalue weighted by atomic mass is 16.6. The number of furan rings is 1. The fraction of sp³-hybridized carbons (Fsp3) is 0.667. The molecule has 0 aromatic carbocycles. The Labute approximate surface area is 148 Å². The van der Waals surface area contributed by atoms with E-state index in [9.17, 15) is 9.59 Å². The van der Waals surface area contributed by atoms with Gasteiger partial charge in [0.15, 0.2) is 5.76 Å². The molecular weight excluding hydrogens is 322 g/mol. The van der Waals surface area contributed by atoms with Crippen LogP contribution in [0.15, 0.2) is 16.5 Å². The van der Waals surface area contributed by atoms with Crippen molar-refractivity contribution in [1.29, 1.82) is 0 Å². The number of amides is 2. The molecule has 1 unspecified atom stereocenters. The molecule has 3 heterocycles. The summed E-state index contributed by atoms with van der Waals surface area (Å²) >= 11 is 0. The highest BCUT2D eigenvalue weighted by Crippen LogP contribution is 2.32. The maximum absolute atomic E-state index is 12.8. The molecule has 1 atom stereocenters. The lowest BCUT2D eigenvalue weighted by molar-refractivity contribution is -0.129. The van der Waals surface area contributed by atoms with E-state index in [2.05, 4.69) is 11.9 Å². The molecule has 0 saturated carbocycles. The number of piperazine rings is 1. The number of rotatable bonds is 3. The molecule has 1 spiro atoms. The van der Waals surface area contributed by atoms with Crippen LogP contribution in [0.4, 0.5) is 0 Å². The summed E-state index contributed by atoms with van der Waals surface area (Å²) in [4.78, 5) is 30.9. The van der Waals surface area contributed by atoms with Crippen LogP contribution < -0.4 is 4.74 Å². The van der Waals surface area contributed by atoms with E-state index in [4.69, 9.17) is 9.15 Å². The molecule has 2 amide bonds. The number of likely N-dealkylation sites (N-methyl/N-ethyl adjacent to an activating group) is 1. The number of hydrogen-bond donors (Lipinski definition) is 0. The third-order valence-electron chi connectivity index (χ3n) is 5.51. The van der Waals surface area contributed by atoms with E-state index < -0.39 is 0 Å². The zero-order valence-corrected chi connectivity index (χ0v) is 15.3. The van der Waals surface area contributed by atoms with Crippen molar-refractivity contribution < 1.29 is 18.7 Å². The summed E-state index contributed by atoms with van der Waals surface area (Å²) in [5, 5.41) is 0. The summed E-state index contributed by atoms with van der Waals surface area (Å²) in [6.07, 6.45) is 2.18. The largest absolute Gasteiger partial charge is 0.465 e. The van der Waals surface area contributed by atoms with Gasteiger partial charge in [-0.05, 0) is 32.9 Å². The minimum Gasteiger partial charge on any atom is -0.465 e. The molecule has 138 valence electrons. The smallest absolute Gasteiger partial charge is 0.289 e. The standard InChI is InChI=1S/C18H27N3O4/c1-4-24-16-6-5-14(25-16)17(23)21-12-11-20(3)18(13-21)8-7-15(22)19(2)10-9-18/h5-6H,4,7-13H2,1-3H3. The van der Waals surface area contributed by atoms with E-state index in [1.807, 2.05) is 18.9 Å². The first kappa shape index (κ1) is 17.8. The molecule has 0 aliphatic carbocycles. The SMILES string of the molecule is CCOc1ccc(C(=O)N2CCN(C)C3(CCC(=O)N(C)CC3)C2)o1. The molecule has 0 bridgehead atoms. The van der Waals surface area contributed by atoms with Crippen LogP contribution in [0.25, 0.3) is 0 Å². The maximum atomic E-state index is 12.8. The molecule has 0 N–H and O–H groups in total. The van der Waals surface area contributed by atoms with Crippen molar-refractivity contribution in [2.75, 3.05) is 46.9 Å². The fourth-order valence-corrected chi connectivity index (χ4v) is 3.74. The molecule has 2 aliphatic heterocycles. The lowest BCUT2D eigenvalue weighted by Crippen LogP contribution is -2.62. The molecule has 0 radical (unpaired) electrons. The summed E-state index contributed by atoms with van der Waals surface area (Å²) in [5.41, 5.74) is -0.149. The summed E-state index contributed by atoms with van der Waals surface area (Å²) in [6, 6.07) is 3.35. The lowest BCUT2D eigenvalue weighted by Gasteiger charge is -2.49. The van der Waals surface area contributed by atoms with Crippen LogP contribution in [0.2, 0.25) is 0 Å². The molecule has 1 aromatic rings. The molecule has 1 aromatic heterocycles. The van der Waals surface area contributed by atoms with Crippen molar-refractivity contribution in [1.82, 2.24) is 14.7 Å². The Bertz CT molecular complexity index is 644. The van der Waals surface area contributed by atoms with Crippen LogP contribution >= 0.6 is 0 Å². The van der Waals surface area contributed by atoms with Gasteiger partial charge in [0.05, 0.1) is 6.61 Å². The van der Waals surface area contributed by atoms with Crippen molar-refractivity contribution >= 4 is 11.8 Å². The van der Waals surface area contributed by atoms with E-state index in [1.165, 1.54) is 0 Å². The molecule has 2 saturated heterocycles. The average Bonchev–Trinajstić information content (AvgIpc) is 3.02. The Balaban J connectivity index is 1.75. The normalized spacial score (nSPS) is 25.3. The number of carbonyl (C=O) groups is 2. The topological polar surface area (TPSA) is 66.2 Å². The predicted molar refractivity (Wildman–Crippen MR) is 92.6 cm³/mol. The molecule has 2 fully saturated rings. The van der Waals surface area contributed by atoms with Crippen LogP contribution in [-0.4, -0.2) is 78.9 Å². The van der Waals surface area contributed by atoms with Gasteiger partial charge in [-0.3, -0.25) is 14.5 Å². The predicted octanol–water partition coefficient (Wildman–Crippen LogP) is 1.45. The van der Waals surface area contributed by atoms with Gasteiger partial charge in [0.2, 0.25) is 5.91 Å². The number of carbonyl (C=O) groups excluding carboxylic acids is 2. The molecule has 3 rings (SSSR count). The van der Waals surface area contributed by atoms with Crippen molar-refractivity contribution in [3.8, 4) is 5.95 Å². The zero-order chi connectivity index (χ0) is 18.0. The van der Waals surface area contributed by atoms with Gasteiger partial charge in [-0.1, -0.05) is 0 Å². The number of ether oxygens (including phenoxy) is 1. The van der Waals surface area contributed by atoms with Gasteiger partial charge in [-0.2, -0.15) is 0 Å². The first-order chi connectivity index (χ1) is 11.9.